The van der Waals surface area contributed by atoms with E-state index in [1.165, 1.54) is 6.42 Å². The molecule has 1 rings (SSSR count). The van der Waals surface area contributed by atoms with Crippen LogP contribution in [0.4, 0.5) is 4.79 Å². The molecule has 0 saturated carbocycles. The number of hydrogen-bond donors (Lipinski definition) is 1. The van der Waals surface area contributed by atoms with E-state index in [0.29, 0.717) is 12.1 Å². The summed E-state index contributed by atoms with van der Waals surface area (Å²) >= 11 is 0. The van der Waals surface area contributed by atoms with Crippen LogP contribution >= 0.6 is 0 Å². The standard InChI is InChI=1S/C17H35N3O2/c1-7-14(2)19(6)12-10-18-15-9-8-11-20(13-15)16(21)22-17(3,4)5/h14-15,18H,7-13H2,1-6H3. The van der Waals surface area contributed by atoms with Crippen LogP contribution in [-0.4, -0.2) is 66.8 Å². The van der Waals surface area contributed by atoms with Crippen LogP contribution in [0.3, 0.4) is 0 Å². The topological polar surface area (TPSA) is 44.8 Å². The van der Waals surface area contributed by atoms with Gasteiger partial charge in [-0.15, -0.1) is 0 Å². The maximum Gasteiger partial charge on any atom is 0.410 e. The smallest absolute Gasteiger partial charge is 0.410 e. The third-order valence-electron chi connectivity index (χ3n) is 4.31. The van der Waals surface area contributed by atoms with E-state index < -0.39 is 5.60 Å². The van der Waals surface area contributed by atoms with Crippen LogP contribution in [0.5, 0.6) is 0 Å². The minimum absolute atomic E-state index is 0.185. The second kappa shape index (κ2) is 8.73. The molecule has 0 aromatic heterocycles. The Morgan fingerprint density at radius 1 is 1.45 bits per heavy atom. The van der Waals surface area contributed by atoms with Gasteiger partial charge in [0, 0.05) is 38.3 Å². The molecule has 0 radical (unpaired) electrons. The van der Waals surface area contributed by atoms with Gasteiger partial charge in [0.05, 0.1) is 0 Å². The van der Waals surface area contributed by atoms with Crippen molar-refractivity contribution in [3.63, 3.8) is 0 Å². The normalized spacial score (nSPS) is 21.0. The Labute approximate surface area is 136 Å². The molecule has 22 heavy (non-hydrogen) atoms. The third-order valence-corrected chi connectivity index (χ3v) is 4.31. The van der Waals surface area contributed by atoms with Gasteiger partial charge in [-0.05, 0) is 54.0 Å². The zero-order valence-electron chi connectivity index (χ0n) is 15.3. The molecule has 5 heteroatoms. The molecule has 2 atom stereocenters. The van der Waals surface area contributed by atoms with Crippen molar-refractivity contribution < 1.29 is 9.53 Å². The molecule has 0 aliphatic carbocycles. The summed E-state index contributed by atoms with van der Waals surface area (Å²) in [6.07, 6.45) is 3.16. The SMILES string of the molecule is CCC(C)N(C)CCNC1CCCN(C(=O)OC(C)(C)C)C1. The van der Waals surface area contributed by atoms with E-state index in [-0.39, 0.29) is 6.09 Å². The highest BCUT2D eigenvalue weighted by Gasteiger charge is 2.27. The van der Waals surface area contributed by atoms with E-state index in [0.717, 1.165) is 39.0 Å². The molecule has 1 aliphatic heterocycles. The van der Waals surface area contributed by atoms with Gasteiger partial charge in [0.2, 0.25) is 0 Å². The number of nitrogens with zero attached hydrogens (tertiary/aromatic N) is 2. The first kappa shape index (κ1) is 19.2. The number of likely N-dealkylation sites (N-methyl/N-ethyl adjacent to an activating group) is 1. The van der Waals surface area contributed by atoms with Gasteiger partial charge in [-0.3, -0.25) is 0 Å². The van der Waals surface area contributed by atoms with Gasteiger partial charge in [-0.1, -0.05) is 6.92 Å². The first-order chi connectivity index (χ1) is 10.2. The fourth-order valence-electron chi connectivity index (χ4n) is 2.61. The highest BCUT2D eigenvalue weighted by Crippen LogP contribution is 2.15. The number of piperidine rings is 1. The average molecular weight is 313 g/mol. The second-order valence-electron chi connectivity index (χ2n) is 7.46. The number of likely N-dealkylation sites (tertiary alicyclic amines) is 1. The molecule has 1 heterocycles. The van der Waals surface area contributed by atoms with Crippen molar-refractivity contribution in [3.8, 4) is 0 Å². The zero-order chi connectivity index (χ0) is 16.8. The van der Waals surface area contributed by atoms with E-state index in [9.17, 15) is 4.79 Å². The summed E-state index contributed by atoms with van der Waals surface area (Å²) in [5, 5.41) is 3.59. The summed E-state index contributed by atoms with van der Waals surface area (Å²) in [7, 11) is 2.17. The van der Waals surface area contributed by atoms with E-state index >= 15 is 0 Å². The first-order valence-electron chi connectivity index (χ1n) is 8.64. The molecule has 1 amide bonds. The van der Waals surface area contributed by atoms with Gasteiger partial charge in [-0.25, -0.2) is 4.79 Å². The Morgan fingerprint density at radius 2 is 2.14 bits per heavy atom. The first-order valence-corrected chi connectivity index (χ1v) is 8.64. The molecule has 0 bridgehead atoms. The van der Waals surface area contributed by atoms with Gasteiger partial charge >= 0.3 is 6.09 Å². The molecular weight excluding hydrogens is 278 g/mol. The van der Waals surface area contributed by atoms with Crippen molar-refractivity contribution in [2.75, 3.05) is 33.2 Å². The van der Waals surface area contributed by atoms with Gasteiger partial charge in [-0.2, -0.15) is 0 Å². The van der Waals surface area contributed by atoms with Crippen molar-refractivity contribution >= 4 is 6.09 Å². The fraction of sp³-hybridized carbons (Fsp3) is 0.941. The molecule has 0 spiro atoms. The van der Waals surface area contributed by atoms with Gasteiger partial charge in [0.25, 0.3) is 0 Å². The second-order valence-corrected chi connectivity index (χ2v) is 7.46. The summed E-state index contributed by atoms with van der Waals surface area (Å²) in [5.74, 6) is 0. The van der Waals surface area contributed by atoms with Crippen molar-refractivity contribution in [2.24, 2.45) is 0 Å². The molecule has 0 aromatic carbocycles. The average Bonchev–Trinajstić information content (AvgIpc) is 2.44. The molecule has 1 fully saturated rings. The number of ether oxygens (including phenoxy) is 1. The largest absolute Gasteiger partial charge is 0.444 e. The number of hydrogen-bond acceptors (Lipinski definition) is 4. The minimum atomic E-state index is -0.420. The van der Waals surface area contributed by atoms with E-state index in [2.05, 4.69) is 31.1 Å². The van der Waals surface area contributed by atoms with E-state index in [4.69, 9.17) is 4.74 Å². The highest BCUT2D eigenvalue weighted by atomic mass is 16.6. The zero-order valence-corrected chi connectivity index (χ0v) is 15.3. The molecule has 1 N–H and O–H groups in total. The lowest BCUT2D eigenvalue weighted by Gasteiger charge is -2.35. The van der Waals surface area contributed by atoms with Crippen LogP contribution in [0.2, 0.25) is 0 Å². The molecule has 1 saturated heterocycles. The van der Waals surface area contributed by atoms with Gasteiger partial charge in [0.1, 0.15) is 5.60 Å². The highest BCUT2D eigenvalue weighted by molar-refractivity contribution is 5.68. The lowest BCUT2D eigenvalue weighted by Crippen LogP contribution is -2.50. The van der Waals surface area contributed by atoms with Crippen molar-refractivity contribution in [3.05, 3.63) is 0 Å². The summed E-state index contributed by atoms with van der Waals surface area (Å²) in [6.45, 7) is 13.8. The van der Waals surface area contributed by atoms with Crippen LogP contribution in [0.15, 0.2) is 0 Å². The van der Waals surface area contributed by atoms with Crippen LogP contribution in [0.25, 0.3) is 0 Å². The lowest BCUT2D eigenvalue weighted by molar-refractivity contribution is 0.0187. The summed E-state index contributed by atoms with van der Waals surface area (Å²) in [6, 6.07) is 0.998. The maximum absolute atomic E-state index is 12.1. The summed E-state index contributed by atoms with van der Waals surface area (Å²) in [4.78, 5) is 16.4. The number of carbonyl (C=O) groups excluding carboxylic acids is 1. The summed E-state index contributed by atoms with van der Waals surface area (Å²) in [5.41, 5.74) is -0.420. The van der Waals surface area contributed by atoms with Crippen molar-refractivity contribution in [2.45, 2.75) is 71.6 Å². The van der Waals surface area contributed by atoms with Crippen LogP contribution in [0, 0.1) is 0 Å². The number of rotatable bonds is 6. The quantitative estimate of drug-likeness (QED) is 0.819. The maximum atomic E-state index is 12.1. The van der Waals surface area contributed by atoms with Crippen LogP contribution < -0.4 is 5.32 Å². The molecule has 1 aliphatic rings. The Kier molecular flexibility index (Phi) is 7.63. The van der Waals surface area contributed by atoms with Crippen LogP contribution in [-0.2, 0) is 4.74 Å². The Hall–Kier alpha value is -0.810. The number of amides is 1. The molecule has 2 unspecified atom stereocenters. The predicted molar refractivity (Wildman–Crippen MR) is 91.2 cm³/mol. The predicted octanol–water partition coefficient (Wildman–Crippen LogP) is 2.71. The van der Waals surface area contributed by atoms with E-state index in [1.54, 1.807) is 0 Å². The van der Waals surface area contributed by atoms with Gasteiger partial charge < -0.3 is 19.9 Å². The van der Waals surface area contributed by atoms with Crippen molar-refractivity contribution in [1.82, 2.24) is 15.1 Å². The minimum Gasteiger partial charge on any atom is -0.444 e. The molecular formula is C17H35N3O2. The Balaban J connectivity index is 2.33. The van der Waals surface area contributed by atoms with Gasteiger partial charge in [0.15, 0.2) is 0 Å². The summed E-state index contributed by atoms with van der Waals surface area (Å²) < 4.78 is 5.47. The van der Waals surface area contributed by atoms with E-state index in [1.807, 2.05) is 25.7 Å². The number of carbonyl (C=O) groups is 1. The van der Waals surface area contributed by atoms with Crippen LogP contribution in [0.1, 0.15) is 53.9 Å². The number of nitrogens with one attached hydrogen (secondary N) is 1. The Bertz CT molecular complexity index is 341. The monoisotopic (exact) mass is 313 g/mol. The lowest BCUT2D eigenvalue weighted by atomic mass is 10.1. The molecule has 5 nitrogen and oxygen atoms in total. The third kappa shape index (κ3) is 6.97. The molecule has 130 valence electrons. The van der Waals surface area contributed by atoms with Crippen molar-refractivity contribution in [1.29, 1.82) is 0 Å². The fourth-order valence-corrected chi connectivity index (χ4v) is 2.61. The molecule has 0 aromatic rings. The Morgan fingerprint density at radius 3 is 2.73 bits per heavy atom.